The normalized spacial score (nSPS) is 15.3. The second kappa shape index (κ2) is 4.93. The zero-order chi connectivity index (χ0) is 9.73. The Bertz CT molecular complexity index is 248. The maximum absolute atomic E-state index is 5.82. The van der Waals surface area contributed by atoms with Gasteiger partial charge in [-0.05, 0) is 18.2 Å². The SMILES string of the molecule is CCCO[Si](C)(Br)c1ccccc1. The van der Waals surface area contributed by atoms with E-state index in [1.54, 1.807) is 0 Å². The lowest BCUT2D eigenvalue weighted by atomic mass is 10.4. The molecule has 72 valence electrons. The van der Waals surface area contributed by atoms with Crippen LogP contribution in [0.3, 0.4) is 0 Å². The molecule has 1 aromatic carbocycles. The standard InChI is InChI=1S/C10H15BrOSi/c1-3-9-12-13(2,11)10-7-5-4-6-8-10/h4-8H,3,9H2,1-2H3. The van der Waals surface area contributed by atoms with Gasteiger partial charge in [0.15, 0.2) is 0 Å². The maximum Gasteiger partial charge on any atom is 0.292 e. The average Bonchev–Trinajstić information content (AvgIpc) is 2.16. The van der Waals surface area contributed by atoms with E-state index in [1.807, 2.05) is 6.07 Å². The quantitative estimate of drug-likeness (QED) is 0.596. The number of halogens is 1. The molecule has 0 heterocycles. The van der Waals surface area contributed by atoms with Crippen LogP contribution in [0.4, 0.5) is 0 Å². The Morgan fingerprint density at radius 1 is 1.31 bits per heavy atom. The lowest BCUT2D eigenvalue weighted by Gasteiger charge is -2.20. The van der Waals surface area contributed by atoms with E-state index in [9.17, 15) is 0 Å². The van der Waals surface area contributed by atoms with Gasteiger partial charge in [0.2, 0.25) is 0 Å². The van der Waals surface area contributed by atoms with Gasteiger partial charge in [0.05, 0.1) is 0 Å². The van der Waals surface area contributed by atoms with E-state index in [1.165, 1.54) is 5.19 Å². The Labute approximate surface area is 88.8 Å². The van der Waals surface area contributed by atoms with Gasteiger partial charge in [-0.3, -0.25) is 0 Å². The van der Waals surface area contributed by atoms with Crippen LogP contribution in [-0.2, 0) is 4.43 Å². The summed E-state index contributed by atoms with van der Waals surface area (Å²) in [7, 11) is 0. The zero-order valence-corrected chi connectivity index (χ0v) is 10.7. The van der Waals surface area contributed by atoms with E-state index in [-0.39, 0.29) is 0 Å². The van der Waals surface area contributed by atoms with Crippen LogP contribution in [0.15, 0.2) is 30.3 Å². The van der Waals surface area contributed by atoms with Crippen molar-refractivity contribution in [2.75, 3.05) is 6.61 Å². The highest BCUT2D eigenvalue weighted by atomic mass is 79.9. The van der Waals surface area contributed by atoms with Gasteiger partial charge < -0.3 is 4.43 Å². The summed E-state index contributed by atoms with van der Waals surface area (Å²) in [6, 6.07) is 10.4. The molecule has 1 nitrogen and oxygen atoms in total. The van der Waals surface area contributed by atoms with Crippen LogP contribution in [0.5, 0.6) is 0 Å². The summed E-state index contributed by atoms with van der Waals surface area (Å²) >= 11 is 3.71. The van der Waals surface area contributed by atoms with Crippen molar-refractivity contribution in [2.45, 2.75) is 19.9 Å². The molecule has 1 rings (SSSR count). The first-order valence-electron chi connectivity index (χ1n) is 4.55. The van der Waals surface area contributed by atoms with Crippen molar-refractivity contribution >= 4 is 27.4 Å². The molecule has 0 aliphatic heterocycles. The molecule has 1 aromatic rings. The van der Waals surface area contributed by atoms with Crippen molar-refractivity contribution in [1.29, 1.82) is 0 Å². The Balaban J connectivity index is 2.69. The zero-order valence-electron chi connectivity index (χ0n) is 8.09. The molecule has 13 heavy (non-hydrogen) atoms. The molecule has 0 aliphatic carbocycles. The molecule has 0 aromatic heterocycles. The van der Waals surface area contributed by atoms with Gasteiger partial charge in [-0.25, -0.2) is 0 Å². The summed E-state index contributed by atoms with van der Waals surface area (Å²) in [5, 5.41) is 1.29. The highest BCUT2D eigenvalue weighted by Gasteiger charge is 2.27. The van der Waals surface area contributed by atoms with Crippen LogP contribution < -0.4 is 5.19 Å². The molecule has 0 saturated carbocycles. The van der Waals surface area contributed by atoms with E-state index in [2.05, 4.69) is 53.0 Å². The first kappa shape index (κ1) is 11.0. The van der Waals surface area contributed by atoms with Crippen LogP contribution in [0.1, 0.15) is 13.3 Å². The molecule has 0 fully saturated rings. The molecular formula is C10H15BrOSi. The Kier molecular flexibility index (Phi) is 4.16. The predicted molar refractivity (Wildman–Crippen MR) is 62.9 cm³/mol. The Morgan fingerprint density at radius 2 is 1.92 bits per heavy atom. The summed E-state index contributed by atoms with van der Waals surface area (Å²) in [6.07, 6.45) is 1.07. The molecule has 0 N–H and O–H groups in total. The molecule has 0 bridgehead atoms. The number of rotatable bonds is 4. The Hall–Kier alpha value is -0.123. The predicted octanol–water partition coefficient (Wildman–Crippen LogP) is 2.79. The van der Waals surface area contributed by atoms with Crippen LogP contribution in [0, 0.1) is 0 Å². The second-order valence-corrected chi connectivity index (χ2v) is 10.4. The van der Waals surface area contributed by atoms with E-state index in [4.69, 9.17) is 4.43 Å². The highest BCUT2D eigenvalue weighted by Crippen LogP contribution is 2.13. The molecule has 0 radical (unpaired) electrons. The van der Waals surface area contributed by atoms with Crippen molar-refractivity contribution in [1.82, 2.24) is 0 Å². The molecule has 0 saturated heterocycles. The first-order valence-corrected chi connectivity index (χ1v) is 9.21. The molecule has 0 aliphatic rings. The molecule has 1 unspecified atom stereocenters. The van der Waals surface area contributed by atoms with Crippen LogP contribution in [0.25, 0.3) is 0 Å². The van der Waals surface area contributed by atoms with Gasteiger partial charge in [-0.1, -0.05) is 52.5 Å². The third-order valence-corrected chi connectivity index (χ3v) is 6.04. The first-order chi connectivity index (χ1) is 6.17. The molecule has 1 atom stereocenters. The van der Waals surface area contributed by atoms with Gasteiger partial charge in [-0.2, -0.15) is 0 Å². The highest BCUT2D eigenvalue weighted by molar-refractivity contribution is 9.26. The smallest absolute Gasteiger partial charge is 0.292 e. The van der Waals surface area contributed by atoms with Gasteiger partial charge in [0, 0.05) is 6.61 Å². The average molecular weight is 259 g/mol. The maximum atomic E-state index is 5.82. The second-order valence-electron chi connectivity index (χ2n) is 3.13. The van der Waals surface area contributed by atoms with E-state index >= 15 is 0 Å². The summed E-state index contributed by atoms with van der Waals surface area (Å²) in [6.45, 7) is 3.34. The molecule has 0 spiro atoms. The molecular weight excluding hydrogens is 244 g/mol. The van der Waals surface area contributed by atoms with Crippen LogP contribution in [0.2, 0.25) is 6.55 Å². The summed E-state index contributed by atoms with van der Waals surface area (Å²) < 4.78 is 5.82. The summed E-state index contributed by atoms with van der Waals surface area (Å²) in [5.41, 5.74) is 0. The molecule has 3 heteroatoms. The lowest BCUT2D eigenvalue weighted by molar-refractivity contribution is 0.326. The largest absolute Gasteiger partial charge is 0.403 e. The van der Waals surface area contributed by atoms with Gasteiger partial charge in [0.1, 0.15) is 0 Å². The van der Waals surface area contributed by atoms with Crippen molar-refractivity contribution in [2.24, 2.45) is 0 Å². The summed E-state index contributed by atoms with van der Waals surface area (Å²) in [4.78, 5) is 0. The van der Waals surface area contributed by atoms with E-state index in [0.717, 1.165) is 13.0 Å². The number of hydrogen-bond donors (Lipinski definition) is 0. The lowest BCUT2D eigenvalue weighted by Crippen LogP contribution is -2.41. The van der Waals surface area contributed by atoms with Crippen molar-refractivity contribution in [3.63, 3.8) is 0 Å². The summed E-state index contributed by atoms with van der Waals surface area (Å²) in [5.74, 6) is 0. The fourth-order valence-corrected chi connectivity index (χ4v) is 3.93. The van der Waals surface area contributed by atoms with Gasteiger partial charge >= 0.3 is 0 Å². The van der Waals surface area contributed by atoms with Gasteiger partial charge in [0.25, 0.3) is 6.94 Å². The fourth-order valence-electron chi connectivity index (χ4n) is 1.11. The monoisotopic (exact) mass is 258 g/mol. The number of hydrogen-bond acceptors (Lipinski definition) is 1. The van der Waals surface area contributed by atoms with E-state index < -0.39 is 6.94 Å². The third kappa shape index (κ3) is 3.25. The van der Waals surface area contributed by atoms with E-state index in [0.29, 0.717) is 0 Å². The minimum atomic E-state index is -1.79. The number of benzene rings is 1. The van der Waals surface area contributed by atoms with Crippen molar-refractivity contribution < 1.29 is 4.43 Å². The fraction of sp³-hybridized carbons (Fsp3) is 0.400. The van der Waals surface area contributed by atoms with Crippen LogP contribution >= 0.6 is 15.3 Å². The van der Waals surface area contributed by atoms with Crippen molar-refractivity contribution in [3.8, 4) is 0 Å². The molecule has 0 amide bonds. The Morgan fingerprint density at radius 3 is 2.46 bits per heavy atom. The third-order valence-electron chi connectivity index (χ3n) is 1.87. The van der Waals surface area contributed by atoms with Gasteiger partial charge in [-0.15, -0.1) is 0 Å². The van der Waals surface area contributed by atoms with Crippen molar-refractivity contribution in [3.05, 3.63) is 30.3 Å². The minimum absolute atomic E-state index is 0.836. The topological polar surface area (TPSA) is 9.23 Å². The minimum Gasteiger partial charge on any atom is -0.403 e. The van der Waals surface area contributed by atoms with Crippen LogP contribution in [-0.4, -0.2) is 13.5 Å².